The number of hydrogen-bond acceptors (Lipinski definition) is 2. The van der Waals surface area contributed by atoms with Gasteiger partial charge in [0.25, 0.3) is 0 Å². The quantitative estimate of drug-likeness (QED) is 0.418. The van der Waals surface area contributed by atoms with E-state index >= 15 is 0 Å². The molecule has 0 saturated carbocycles. The fourth-order valence-electron chi connectivity index (χ4n) is 2.37. The summed E-state index contributed by atoms with van der Waals surface area (Å²) in [5, 5.41) is 2.28. The van der Waals surface area contributed by atoms with Crippen molar-refractivity contribution >= 4 is 59.0 Å². The van der Waals surface area contributed by atoms with E-state index in [0.717, 1.165) is 22.9 Å². The normalized spacial score (nSPS) is 11.8. The summed E-state index contributed by atoms with van der Waals surface area (Å²) >= 11 is 20.2. The summed E-state index contributed by atoms with van der Waals surface area (Å²) in [7, 11) is 0. The Labute approximate surface area is 172 Å². The highest BCUT2D eigenvalue weighted by molar-refractivity contribution is 7.98. The van der Waals surface area contributed by atoms with E-state index in [1.54, 1.807) is 12.3 Å². The summed E-state index contributed by atoms with van der Waals surface area (Å²) < 4.78 is 2.06. The third-order valence-electron chi connectivity index (χ3n) is 3.61. The zero-order valence-electron chi connectivity index (χ0n) is 13.1. The Kier molecular flexibility index (Phi) is 7.98. The Morgan fingerprint density at radius 1 is 1.00 bits per heavy atom. The number of hydrogen-bond donors (Lipinski definition) is 0. The standard InChI is InChI=1S/C18H15Cl3N2S.ClH/c19-14-3-1-13(2-4-14)11-24-18(10-23-8-7-22-12-23)16-6-5-15(20)9-17(16)21;/h1-9,12,18H,10-11H2;1H. The molecular formula is C18H16Cl4N2S. The van der Waals surface area contributed by atoms with Crippen LogP contribution in [0.5, 0.6) is 0 Å². The molecule has 3 aromatic rings. The van der Waals surface area contributed by atoms with Crippen molar-refractivity contribution in [2.45, 2.75) is 17.5 Å². The molecule has 2 aromatic carbocycles. The second-order valence-corrected chi connectivity index (χ2v) is 7.82. The first kappa shape index (κ1) is 20.5. The number of thioether (sulfide) groups is 1. The molecule has 0 aliphatic heterocycles. The Balaban J connectivity index is 0.00000225. The van der Waals surface area contributed by atoms with Crippen LogP contribution in [0, 0.1) is 0 Å². The van der Waals surface area contributed by atoms with E-state index in [1.165, 1.54) is 5.56 Å². The molecule has 1 unspecified atom stereocenters. The molecule has 7 heteroatoms. The molecule has 0 fully saturated rings. The first-order valence-electron chi connectivity index (χ1n) is 7.38. The van der Waals surface area contributed by atoms with E-state index in [0.29, 0.717) is 10.0 Å². The van der Waals surface area contributed by atoms with Crippen LogP contribution in [0.4, 0.5) is 0 Å². The van der Waals surface area contributed by atoms with Crippen LogP contribution in [0.25, 0.3) is 0 Å². The highest BCUT2D eigenvalue weighted by Crippen LogP contribution is 2.38. The van der Waals surface area contributed by atoms with Gasteiger partial charge in [-0.05, 0) is 35.4 Å². The van der Waals surface area contributed by atoms with Gasteiger partial charge >= 0.3 is 0 Å². The van der Waals surface area contributed by atoms with E-state index in [-0.39, 0.29) is 17.7 Å². The lowest BCUT2D eigenvalue weighted by Gasteiger charge is -2.19. The largest absolute Gasteiger partial charge is 0.336 e. The molecule has 0 aliphatic rings. The second-order valence-electron chi connectivity index (χ2n) is 5.35. The fourth-order valence-corrected chi connectivity index (χ4v) is 4.35. The van der Waals surface area contributed by atoms with Gasteiger partial charge in [-0.25, -0.2) is 4.98 Å². The summed E-state index contributed by atoms with van der Waals surface area (Å²) in [6.45, 7) is 0.791. The average Bonchev–Trinajstić information content (AvgIpc) is 3.06. The number of imidazole rings is 1. The lowest BCUT2D eigenvalue weighted by molar-refractivity contribution is 0.683. The van der Waals surface area contributed by atoms with Gasteiger partial charge in [0.2, 0.25) is 0 Å². The molecular weight excluding hydrogens is 418 g/mol. The van der Waals surface area contributed by atoms with E-state index in [9.17, 15) is 0 Å². The smallest absolute Gasteiger partial charge is 0.0946 e. The first-order chi connectivity index (χ1) is 11.6. The number of nitrogens with zero attached hydrogens (tertiary/aromatic N) is 2. The lowest BCUT2D eigenvalue weighted by Crippen LogP contribution is -2.06. The highest BCUT2D eigenvalue weighted by Gasteiger charge is 2.17. The van der Waals surface area contributed by atoms with Crippen molar-refractivity contribution in [1.82, 2.24) is 9.55 Å². The molecule has 0 aliphatic carbocycles. The van der Waals surface area contributed by atoms with Gasteiger partial charge in [-0.1, -0.05) is 53.0 Å². The number of aromatic nitrogens is 2. The van der Waals surface area contributed by atoms with Gasteiger partial charge in [0.15, 0.2) is 0 Å². The predicted molar refractivity (Wildman–Crippen MR) is 111 cm³/mol. The fraction of sp³-hybridized carbons (Fsp3) is 0.167. The summed E-state index contributed by atoms with van der Waals surface area (Å²) in [6, 6.07) is 13.6. The van der Waals surface area contributed by atoms with Gasteiger partial charge in [-0.2, -0.15) is 0 Å². The topological polar surface area (TPSA) is 17.8 Å². The van der Waals surface area contributed by atoms with Crippen LogP contribution in [0.3, 0.4) is 0 Å². The monoisotopic (exact) mass is 432 g/mol. The molecule has 0 spiro atoms. The highest BCUT2D eigenvalue weighted by atomic mass is 35.5. The van der Waals surface area contributed by atoms with Crippen molar-refractivity contribution in [2.24, 2.45) is 0 Å². The number of rotatable bonds is 6. The summed E-state index contributed by atoms with van der Waals surface area (Å²) in [4.78, 5) is 4.12. The predicted octanol–water partition coefficient (Wildman–Crippen LogP) is 6.94. The van der Waals surface area contributed by atoms with Crippen molar-refractivity contribution in [3.63, 3.8) is 0 Å². The number of benzene rings is 2. The van der Waals surface area contributed by atoms with E-state index < -0.39 is 0 Å². The molecule has 0 radical (unpaired) electrons. The molecule has 0 bridgehead atoms. The Bertz CT molecular complexity index is 791. The maximum atomic E-state index is 6.43. The molecule has 1 heterocycles. The van der Waals surface area contributed by atoms with Gasteiger partial charge < -0.3 is 4.57 Å². The second kappa shape index (κ2) is 9.75. The van der Waals surface area contributed by atoms with Gasteiger partial charge in [0.05, 0.1) is 6.33 Å². The van der Waals surface area contributed by atoms with Crippen LogP contribution < -0.4 is 0 Å². The summed E-state index contributed by atoms with van der Waals surface area (Å²) in [6.07, 6.45) is 5.56. The Hall–Kier alpha value is -0.840. The van der Waals surface area contributed by atoms with Crippen LogP contribution in [-0.4, -0.2) is 9.55 Å². The van der Waals surface area contributed by atoms with Crippen molar-refractivity contribution < 1.29 is 0 Å². The summed E-state index contributed by atoms with van der Waals surface area (Å²) in [5.74, 6) is 0.871. The van der Waals surface area contributed by atoms with Crippen LogP contribution in [0.1, 0.15) is 16.4 Å². The van der Waals surface area contributed by atoms with Crippen molar-refractivity contribution in [2.75, 3.05) is 0 Å². The third-order valence-corrected chi connectivity index (χ3v) is 5.73. The molecule has 132 valence electrons. The first-order valence-corrected chi connectivity index (χ1v) is 9.57. The van der Waals surface area contributed by atoms with Crippen LogP contribution in [-0.2, 0) is 12.3 Å². The van der Waals surface area contributed by atoms with Crippen LogP contribution in [0.2, 0.25) is 15.1 Å². The van der Waals surface area contributed by atoms with Crippen LogP contribution >= 0.6 is 59.0 Å². The van der Waals surface area contributed by atoms with Crippen molar-refractivity contribution in [1.29, 1.82) is 0 Å². The molecule has 1 atom stereocenters. The zero-order valence-corrected chi connectivity index (χ0v) is 17.0. The molecule has 0 amide bonds. The number of halogens is 4. The van der Waals surface area contributed by atoms with Gasteiger partial charge in [-0.15, -0.1) is 24.2 Å². The third kappa shape index (κ3) is 5.83. The van der Waals surface area contributed by atoms with Crippen molar-refractivity contribution in [3.05, 3.63) is 87.4 Å². The Morgan fingerprint density at radius 3 is 2.36 bits per heavy atom. The maximum absolute atomic E-state index is 6.43. The molecule has 0 saturated heterocycles. The molecule has 25 heavy (non-hydrogen) atoms. The lowest BCUT2D eigenvalue weighted by atomic mass is 10.1. The molecule has 2 nitrogen and oxygen atoms in total. The minimum atomic E-state index is 0. The van der Waals surface area contributed by atoms with Crippen LogP contribution in [0.15, 0.2) is 61.2 Å². The van der Waals surface area contributed by atoms with E-state index in [4.69, 9.17) is 34.8 Å². The van der Waals surface area contributed by atoms with Crippen molar-refractivity contribution in [3.8, 4) is 0 Å². The van der Waals surface area contributed by atoms with Gasteiger partial charge in [0.1, 0.15) is 0 Å². The maximum Gasteiger partial charge on any atom is 0.0946 e. The van der Waals surface area contributed by atoms with E-state index in [2.05, 4.69) is 9.55 Å². The minimum absolute atomic E-state index is 0. The molecule has 1 aromatic heterocycles. The van der Waals surface area contributed by atoms with E-state index in [1.807, 2.05) is 60.7 Å². The van der Waals surface area contributed by atoms with Gasteiger partial charge in [0, 0.05) is 45.0 Å². The van der Waals surface area contributed by atoms with Gasteiger partial charge in [-0.3, -0.25) is 0 Å². The molecule has 0 N–H and O–H groups in total. The Morgan fingerprint density at radius 2 is 1.72 bits per heavy atom. The zero-order chi connectivity index (χ0) is 16.9. The average molecular weight is 434 g/mol. The molecule has 3 rings (SSSR count). The minimum Gasteiger partial charge on any atom is -0.336 e. The summed E-state index contributed by atoms with van der Waals surface area (Å²) in [5.41, 5.74) is 2.30. The SMILES string of the molecule is Cl.Clc1ccc(CSC(Cn2ccnc2)c2ccc(Cl)cc2Cl)cc1.